The van der Waals surface area contributed by atoms with Crippen LogP contribution in [0.5, 0.6) is 5.75 Å². The van der Waals surface area contributed by atoms with Crippen LogP contribution in [-0.2, 0) is 10.0 Å². The quantitative estimate of drug-likeness (QED) is 0.325. The highest BCUT2D eigenvalue weighted by Crippen LogP contribution is 2.45. The van der Waals surface area contributed by atoms with Crippen LogP contribution in [0.4, 0.5) is 11.4 Å². The third-order valence-electron chi connectivity index (χ3n) is 5.14. The van der Waals surface area contributed by atoms with Crippen molar-refractivity contribution in [2.24, 2.45) is 9.98 Å². The molecule has 0 heterocycles. The van der Waals surface area contributed by atoms with Gasteiger partial charge in [0.05, 0.1) is 15.7 Å². The zero-order valence-corrected chi connectivity index (χ0v) is 22.0. The first kappa shape index (κ1) is 25.6. The predicted molar refractivity (Wildman–Crippen MR) is 131 cm³/mol. The molecule has 0 amide bonds. The van der Waals surface area contributed by atoms with E-state index in [4.69, 9.17) is 27.6 Å². The van der Waals surface area contributed by atoms with Crippen molar-refractivity contribution in [3.8, 4) is 5.75 Å². The molecule has 10 heteroatoms. The Kier molecular flexibility index (Phi) is 7.79. The lowest BCUT2D eigenvalue weighted by Gasteiger charge is -2.37. The van der Waals surface area contributed by atoms with Crippen molar-refractivity contribution >= 4 is 58.9 Å². The summed E-state index contributed by atoms with van der Waals surface area (Å²) in [4.78, 5) is 8.29. The molecule has 2 aromatic carbocycles. The van der Waals surface area contributed by atoms with Crippen molar-refractivity contribution in [2.45, 2.75) is 43.8 Å². The van der Waals surface area contributed by atoms with Gasteiger partial charge in [0.2, 0.25) is 10.0 Å². The lowest BCUT2D eigenvalue weighted by atomic mass is 10.2. The first-order chi connectivity index (χ1) is 14.2. The second kappa shape index (κ2) is 9.44. The number of sulfonamides is 1. The van der Waals surface area contributed by atoms with Crippen LogP contribution in [-0.4, -0.2) is 41.1 Å². The smallest absolute Gasteiger partial charge is 0.250 e. The number of rotatable bonds is 6. The van der Waals surface area contributed by atoms with E-state index in [0.717, 1.165) is 4.31 Å². The van der Waals surface area contributed by atoms with Gasteiger partial charge in [-0.2, -0.15) is 9.98 Å². The summed E-state index contributed by atoms with van der Waals surface area (Å²) in [5.74, 6) is 0.106. The van der Waals surface area contributed by atoms with Gasteiger partial charge in [0, 0.05) is 14.1 Å². The van der Waals surface area contributed by atoms with Crippen LogP contribution in [0, 0.1) is 0 Å². The maximum atomic E-state index is 13.1. The third-order valence-corrected chi connectivity index (χ3v) is 12.1. The normalized spacial score (nSPS) is 12.5. The fourth-order valence-corrected chi connectivity index (χ4v) is 5.00. The van der Waals surface area contributed by atoms with Crippen molar-refractivity contribution < 1.29 is 12.8 Å². The zero-order chi connectivity index (χ0) is 23.6. The molecule has 0 saturated carbocycles. The van der Waals surface area contributed by atoms with E-state index in [1.807, 2.05) is 13.1 Å². The summed E-state index contributed by atoms with van der Waals surface area (Å²) in [5, 5.41) is 0.334. The first-order valence-corrected chi connectivity index (χ1v) is 14.6. The summed E-state index contributed by atoms with van der Waals surface area (Å²) in [7, 11) is -3.46. The maximum Gasteiger partial charge on any atom is 0.250 e. The predicted octanol–water partition coefficient (Wildman–Crippen LogP) is 6.76. The van der Waals surface area contributed by atoms with E-state index in [0.29, 0.717) is 10.7 Å². The standard InChI is InChI=1S/C21H27Cl2N3O3SSi/c1-21(2,3)31(6,7)29-19-18(25-14-24-17-11-9-8-10-15(17)22)13-12-16(23)20(19)30(27,28)26(4)5/h8-13H,1-7H3. The Balaban J connectivity index is 2.74. The average Bonchev–Trinajstić information content (AvgIpc) is 2.63. The Morgan fingerprint density at radius 2 is 1.55 bits per heavy atom. The Morgan fingerprint density at radius 3 is 2.10 bits per heavy atom. The van der Waals surface area contributed by atoms with Gasteiger partial charge in [0.25, 0.3) is 8.32 Å². The number of benzene rings is 2. The van der Waals surface area contributed by atoms with Gasteiger partial charge in [-0.3, -0.25) is 0 Å². The minimum absolute atomic E-state index is 0.0596. The van der Waals surface area contributed by atoms with Gasteiger partial charge in [-0.25, -0.2) is 12.7 Å². The largest absolute Gasteiger partial charge is 0.541 e. The van der Waals surface area contributed by atoms with E-state index in [2.05, 4.69) is 36.8 Å². The van der Waals surface area contributed by atoms with Crippen LogP contribution in [0.2, 0.25) is 28.2 Å². The fraction of sp³-hybridized carbons (Fsp3) is 0.381. The molecule has 0 aliphatic carbocycles. The molecule has 2 rings (SSSR count). The molecule has 0 bridgehead atoms. The molecule has 0 N–H and O–H groups in total. The lowest BCUT2D eigenvalue weighted by Crippen LogP contribution is -2.44. The third kappa shape index (κ3) is 5.77. The van der Waals surface area contributed by atoms with Crippen molar-refractivity contribution in [1.29, 1.82) is 0 Å². The summed E-state index contributed by atoms with van der Waals surface area (Å²) >= 11 is 12.5. The number of para-hydroxylation sites is 1. The van der Waals surface area contributed by atoms with Gasteiger partial charge < -0.3 is 4.43 Å². The molecule has 0 fully saturated rings. The molecule has 0 aliphatic heterocycles. The lowest BCUT2D eigenvalue weighted by molar-refractivity contribution is 0.473. The molecule has 0 spiro atoms. The van der Waals surface area contributed by atoms with Gasteiger partial charge >= 0.3 is 0 Å². The number of aliphatic imine (C=N–C) groups is 2. The molecule has 0 aliphatic rings. The Labute approximate surface area is 195 Å². The molecule has 31 heavy (non-hydrogen) atoms. The van der Waals surface area contributed by atoms with Gasteiger partial charge in [-0.1, -0.05) is 56.1 Å². The summed E-state index contributed by atoms with van der Waals surface area (Å²) < 4.78 is 33.7. The highest BCUT2D eigenvalue weighted by atomic mass is 35.5. The van der Waals surface area contributed by atoms with Crippen molar-refractivity contribution in [1.82, 2.24) is 4.31 Å². The molecular formula is C21H27Cl2N3O3SSi. The minimum atomic E-state index is -3.90. The van der Waals surface area contributed by atoms with Crippen LogP contribution in [0.1, 0.15) is 20.8 Å². The van der Waals surface area contributed by atoms with Crippen LogP contribution in [0.15, 0.2) is 51.3 Å². The molecule has 168 valence electrons. The molecule has 6 nitrogen and oxygen atoms in total. The Morgan fingerprint density at radius 1 is 0.968 bits per heavy atom. The molecule has 0 radical (unpaired) electrons. The van der Waals surface area contributed by atoms with E-state index < -0.39 is 18.3 Å². The zero-order valence-electron chi connectivity index (χ0n) is 18.7. The highest BCUT2D eigenvalue weighted by molar-refractivity contribution is 7.89. The number of halogens is 2. The minimum Gasteiger partial charge on any atom is -0.541 e. The number of hydrogen-bond donors (Lipinski definition) is 0. The molecule has 0 unspecified atom stereocenters. The Hall–Kier alpha value is -1.67. The summed E-state index contributed by atoms with van der Waals surface area (Å²) in [6.07, 6.45) is 0. The van der Waals surface area contributed by atoms with Gasteiger partial charge in [0.1, 0.15) is 16.6 Å². The Bertz CT molecular complexity index is 1140. The number of hydrogen-bond acceptors (Lipinski definition) is 5. The SMILES string of the molecule is CN(C)S(=O)(=O)c1c(Cl)ccc(N=C=Nc2ccccc2Cl)c1O[Si](C)(C)C(C)(C)C. The molecule has 0 aromatic heterocycles. The first-order valence-electron chi connectivity index (χ1n) is 9.53. The van der Waals surface area contributed by atoms with E-state index in [1.54, 1.807) is 30.3 Å². The van der Waals surface area contributed by atoms with E-state index in [9.17, 15) is 8.42 Å². The van der Waals surface area contributed by atoms with Crippen LogP contribution in [0.3, 0.4) is 0 Å². The topological polar surface area (TPSA) is 71.3 Å². The molecule has 0 atom stereocenters. The fourth-order valence-electron chi connectivity index (χ4n) is 2.22. The van der Waals surface area contributed by atoms with Crippen LogP contribution < -0.4 is 4.43 Å². The van der Waals surface area contributed by atoms with Crippen LogP contribution >= 0.6 is 23.2 Å². The highest BCUT2D eigenvalue weighted by Gasteiger charge is 2.41. The second-order valence-electron chi connectivity index (χ2n) is 8.65. The van der Waals surface area contributed by atoms with E-state index in [1.165, 1.54) is 20.2 Å². The van der Waals surface area contributed by atoms with E-state index >= 15 is 0 Å². The summed E-state index contributed by atoms with van der Waals surface area (Å²) in [5.41, 5.74) is 0.764. The maximum absolute atomic E-state index is 13.1. The summed E-state index contributed by atoms with van der Waals surface area (Å²) in [6, 6.07) is 12.7. The van der Waals surface area contributed by atoms with E-state index in [-0.39, 0.29) is 26.4 Å². The molecular weight excluding hydrogens is 473 g/mol. The summed E-state index contributed by atoms with van der Waals surface area (Å²) in [6.45, 7) is 10.2. The van der Waals surface area contributed by atoms with Crippen molar-refractivity contribution in [3.05, 3.63) is 46.4 Å². The second-order valence-corrected chi connectivity index (χ2v) is 16.3. The molecule has 2 aromatic rings. The van der Waals surface area contributed by atoms with Gasteiger partial charge in [0.15, 0.2) is 5.75 Å². The van der Waals surface area contributed by atoms with Gasteiger partial charge in [-0.15, -0.1) is 0 Å². The van der Waals surface area contributed by atoms with Crippen molar-refractivity contribution in [2.75, 3.05) is 14.1 Å². The van der Waals surface area contributed by atoms with Crippen LogP contribution in [0.25, 0.3) is 0 Å². The molecule has 0 saturated heterocycles. The van der Waals surface area contributed by atoms with Gasteiger partial charge in [-0.05, 0) is 42.4 Å². The van der Waals surface area contributed by atoms with Crippen molar-refractivity contribution in [3.63, 3.8) is 0 Å². The average molecular weight is 501 g/mol. The number of nitrogens with zero attached hydrogens (tertiary/aromatic N) is 3. The monoisotopic (exact) mass is 499 g/mol.